The number of pyridine rings is 1. The molecule has 0 aliphatic carbocycles. The number of aromatic nitrogens is 4. The molecule has 1 N–H and O–H groups in total. The van der Waals surface area contributed by atoms with Crippen molar-refractivity contribution in [2.75, 3.05) is 29.9 Å². The van der Waals surface area contributed by atoms with E-state index in [9.17, 15) is 13.2 Å². The summed E-state index contributed by atoms with van der Waals surface area (Å²) in [5.74, 6) is 0.722. The van der Waals surface area contributed by atoms with E-state index in [1.807, 2.05) is 57.2 Å². The highest BCUT2D eigenvalue weighted by molar-refractivity contribution is 5.85. The van der Waals surface area contributed by atoms with Gasteiger partial charge in [-0.2, -0.15) is 18.2 Å². The van der Waals surface area contributed by atoms with Crippen molar-refractivity contribution >= 4 is 42.4 Å². The topological polar surface area (TPSA) is 68.1 Å². The minimum absolute atomic E-state index is 0. The summed E-state index contributed by atoms with van der Waals surface area (Å²) in [6.07, 6.45) is -4.48. The minimum Gasteiger partial charge on any atom is -0.365 e. The van der Waals surface area contributed by atoms with Crippen LogP contribution in [0.25, 0.3) is 11.1 Å². The third-order valence-corrected chi connectivity index (χ3v) is 5.19. The van der Waals surface area contributed by atoms with Crippen LogP contribution in [-0.2, 0) is 4.74 Å². The molecule has 34 heavy (non-hydrogen) atoms. The summed E-state index contributed by atoms with van der Waals surface area (Å²) < 4.78 is 46.0. The average Bonchev–Trinajstić information content (AvgIpc) is 3.18. The summed E-state index contributed by atoms with van der Waals surface area (Å²) in [6, 6.07) is 11.7. The number of nitrogens with one attached hydrogen (secondary N) is 1. The molecule has 1 aliphatic heterocycles. The average molecular weight is 519 g/mol. The fourth-order valence-electron chi connectivity index (χ4n) is 3.56. The molecule has 1 atom stereocenters. The standard InChI is InChI=1S/C22H25F3N6O.2ClH/c1-14(2)31-21(30-10-11-32-19(13-30)22(23,24)25)28-20(29-31)27-18-6-4-16(5-7-18)17-8-9-26-15(3)12-17;;/h4-9,12,14,19H,10-11,13H2,1-3H3,(H,27,29);2*1H. The summed E-state index contributed by atoms with van der Waals surface area (Å²) in [7, 11) is 0. The van der Waals surface area contributed by atoms with Gasteiger partial charge in [0.15, 0.2) is 6.10 Å². The van der Waals surface area contributed by atoms with Gasteiger partial charge >= 0.3 is 6.18 Å². The van der Waals surface area contributed by atoms with Crippen molar-refractivity contribution in [1.29, 1.82) is 0 Å². The van der Waals surface area contributed by atoms with E-state index < -0.39 is 12.3 Å². The second kappa shape index (κ2) is 11.2. The molecule has 0 spiro atoms. The molecule has 0 amide bonds. The lowest BCUT2D eigenvalue weighted by molar-refractivity contribution is -0.221. The van der Waals surface area contributed by atoms with Crippen molar-refractivity contribution in [2.45, 2.75) is 39.1 Å². The van der Waals surface area contributed by atoms with Gasteiger partial charge in [-0.15, -0.1) is 29.9 Å². The maximum Gasteiger partial charge on any atom is 0.416 e. The van der Waals surface area contributed by atoms with Crippen molar-refractivity contribution in [1.82, 2.24) is 19.7 Å². The lowest BCUT2D eigenvalue weighted by Crippen LogP contribution is -2.50. The van der Waals surface area contributed by atoms with Gasteiger partial charge in [-0.3, -0.25) is 4.98 Å². The van der Waals surface area contributed by atoms with Crippen molar-refractivity contribution in [3.8, 4) is 11.1 Å². The van der Waals surface area contributed by atoms with Crippen LogP contribution < -0.4 is 10.2 Å². The lowest BCUT2D eigenvalue weighted by atomic mass is 10.1. The Morgan fingerprint density at radius 1 is 1.09 bits per heavy atom. The molecular weight excluding hydrogens is 492 g/mol. The Morgan fingerprint density at radius 2 is 1.79 bits per heavy atom. The lowest BCUT2D eigenvalue weighted by Gasteiger charge is -2.34. The molecule has 0 radical (unpaired) electrons. The second-order valence-electron chi connectivity index (χ2n) is 8.01. The van der Waals surface area contributed by atoms with E-state index >= 15 is 0 Å². The van der Waals surface area contributed by atoms with Gasteiger partial charge in [-0.25, -0.2) is 4.68 Å². The van der Waals surface area contributed by atoms with Crippen molar-refractivity contribution < 1.29 is 17.9 Å². The zero-order chi connectivity index (χ0) is 22.9. The van der Waals surface area contributed by atoms with Crippen LogP contribution in [0.4, 0.5) is 30.8 Å². The Balaban J connectivity index is 0.00000204. The fourth-order valence-corrected chi connectivity index (χ4v) is 3.56. The summed E-state index contributed by atoms with van der Waals surface area (Å²) in [6.45, 7) is 5.75. The van der Waals surface area contributed by atoms with Crippen LogP contribution in [0.15, 0.2) is 42.6 Å². The SMILES string of the molecule is Cc1cc(-c2ccc(Nc3nc(N4CCOC(C(F)(F)F)C4)n(C(C)C)n3)cc2)ccn1.Cl.Cl. The maximum absolute atomic E-state index is 13.1. The molecule has 1 unspecified atom stereocenters. The molecular formula is C22H27Cl2F3N6O. The van der Waals surface area contributed by atoms with E-state index in [0.717, 1.165) is 22.5 Å². The molecule has 7 nitrogen and oxygen atoms in total. The number of benzene rings is 1. The van der Waals surface area contributed by atoms with E-state index in [1.54, 1.807) is 15.8 Å². The van der Waals surface area contributed by atoms with Crippen LogP contribution in [0.1, 0.15) is 25.6 Å². The highest BCUT2D eigenvalue weighted by atomic mass is 35.5. The first-order valence-electron chi connectivity index (χ1n) is 10.4. The number of ether oxygens (including phenoxy) is 1. The van der Waals surface area contributed by atoms with Gasteiger partial charge < -0.3 is 15.0 Å². The second-order valence-corrected chi connectivity index (χ2v) is 8.01. The maximum atomic E-state index is 13.1. The van der Waals surface area contributed by atoms with E-state index in [0.29, 0.717) is 18.4 Å². The molecule has 1 saturated heterocycles. The molecule has 0 saturated carbocycles. The van der Waals surface area contributed by atoms with Crippen LogP contribution >= 0.6 is 24.8 Å². The molecule has 1 aliphatic rings. The number of hydrogen-bond donors (Lipinski definition) is 1. The number of nitrogens with zero attached hydrogens (tertiary/aromatic N) is 5. The van der Waals surface area contributed by atoms with Gasteiger partial charge in [0.25, 0.3) is 0 Å². The molecule has 0 bridgehead atoms. The third kappa shape index (κ3) is 6.31. The Labute approximate surface area is 208 Å². The zero-order valence-electron chi connectivity index (χ0n) is 18.9. The first-order valence-corrected chi connectivity index (χ1v) is 10.4. The molecule has 1 aromatic carbocycles. The summed E-state index contributed by atoms with van der Waals surface area (Å²) in [5, 5.41) is 7.64. The summed E-state index contributed by atoms with van der Waals surface area (Å²) in [4.78, 5) is 10.3. The summed E-state index contributed by atoms with van der Waals surface area (Å²) >= 11 is 0. The smallest absolute Gasteiger partial charge is 0.365 e. The van der Waals surface area contributed by atoms with Crippen LogP contribution in [0, 0.1) is 6.92 Å². The normalized spacial score (nSPS) is 16.1. The number of hydrogen-bond acceptors (Lipinski definition) is 6. The largest absolute Gasteiger partial charge is 0.416 e. The monoisotopic (exact) mass is 518 g/mol. The first-order chi connectivity index (χ1) is 15.2. The number of alkyl halides is 3. The van der Waals surface area contributed by atoms with Crippen LogP contribution in [-0.4, -0.2) is 51.7 Å². The molecule has 4 rings (SSSR count). The molecule has 3 heterocycles. The van der Waals surface area contributed by atoms with Crippen molar-refractivity contribution in [3.05, 3.63) is 48.3 Å². The van der Waals surface area contributed by atoms with Gasteiger partial charge in [0, 0.05) is 24.1 Å². The van der Waals surface area contributed by atoms with E-state index in [-0.39, 0.29) is 44.0 Å². The van der Waals surface area contributed by atoms with Crippen LogP contribution in [0.2, 0.25) is 0 Å². The molecule has 2 aromatic heterocycles. The van der Waals surface area contributed by atoms with Crippen LogP contribution in [0.3, 0.4) is 0 Å². The third-order valence-electron chi connectivity index (χ3n) is 5.19. The highest BCUT2D eigenvalue weighted by Gasteiger charge is 2.44. The molecule has 186 valence electrons. The first kappa shape index (κ1) is 27.7. The van der Waals surface area contributed by atoms with Crippen molar-refractivity contribution in [3.63, 3.8) is 0 Å². The highest BCUT2D eigenvalue weighted by Crippen LogP contribution is 2.29. The molecule has 12 heteroatoms. The van der Waals surface area contributed by atoms with E-state index in [1.165, 1.54) is 0 Å². The predicted octanol–water partition coefficient (Wildman–Crippen LogP) is 5.58. The summed E-state index contributed by atoms with van der Waals surface area (Å²) in [5.41, 5.74) is 3.84. The Kier molecular flexibility index (Phi) is 9.15. The van der Waals surface area contributed by atoms with Gasteiger partial charge in [0.2, 0.25) is 11.9 Å². The zero-order valence-corrected chi connectivity index (χ0v) is 20.5. The Bertz CT molecular complexity index is 1080. The van der Waals surface area contributed by atoms with Crippen molar-refractivity contribution in [2.24, 2.45) is 0 Å². The van der Waals surface area contributed by atoms with Gasteiger partial charge in [0.05, 0.1) is 19.2 Å². The fraction of sp³-hybridized carbons (Fsp3) is 0.409. The number of rotatable bonds is 5. The number of halogens is 5. The number of aryl methyl sites for hydroxylation is 1. The van der Waals surface area contributed by atoms with E-state index in [4.69, 9.17) is 4.74 Å². The quantitative estimate of drug-likeness (QED) is 0.475. The van der Waals surface area contributed by atoms with Gasteiger partial charge in [0.1, 0.15) is 0 Å². The molecule has 3 aromatic rings. The van der Waals surface area contributed by atoms with E-state index in [2.05, 4.69) is 20.4 Å². The number of morpholine rings is 1. The van der Waals surface area contributed by atoms with Gasteiger partial charge in [-0.1, -0.05) is 12.1 Å². The molecule has 1 fully saturated rings. The Hall–Kier alpha value is -2.56. The Morgan fingerprint density at radius 3 is 2.41 bits per heavy atom. The van der Waals surface area contributed by atoms with Crippen LogP contribution in [0.5, 0.6) is 0 Å². The number of anilines is 3. The predicted molar refractivity (Wildman–Crippen MR) is 131 cm³/mol. The van der Waals surface area contributed by atoms with Gasteiger partial charge in [-0.05, 0) is 56.2 Å². The minimum atomic E-state index is -4.42.